The lowest BCUT2D eigenvalue weighted by molar-refractivity contribution is 0.141. The van der Waals surface area contributed by atoms with Crippen molar-refractivity contribution in [3.8, 4) is 0 Å². The number of azo groups is 1. The third kappa shape index (κ3) is 1.63. The fraction of sp³-hybridized carbons (Fsp3) is 0.455. The molecule has 3 aliphatic rings. The predicted octanol–water partition coefficient (Wildman–Crippen LogP) is 6.35. The second-order valence-corrected chi connectivity index (χ2v) is 8.81. The molecule has 0 saturated heterocycles. The van der Waals surface area contributed by atoms with E-state index < -0.39 is 0 Å². The Kier molecular flexibility index (Phi) is 3.08. The van der Waals surface area contributed by atoms with Gasteiger partial charge in [-0.25, -0.2) is 0 Å². The Labute approximate surface area is 154 Å². The Bertz CT molecular complexity index is 842. The van der Waals surface area contributed by atoms with Crippen LogP contribution in [0.15, 0.2) is 64.8 Å². The standard InChI is InChI=1S/C22H23ClN2/c1-20(2)21(15-7-4-3-5-8-15)18-9-6-10-19(18)22(20,25-24-21)16-11-13-17(23)14-12-16/h3-5,7-8,11-14,18-19H,6,9-10H2,1-2H3/t18-,19+,21-,22+/m0/s1. The van der Waals surface area contributed by atoms with Gasteiger partial charge < -0.3 is 0 Å². The number of halogens is 1. The molecule has 2 aromatic rings. The lowest BCUT2D eigenvalue weighted by Gasteiger charge is -2.42. The monoisotopic (exact) mass is 350 g/mol. The van der Waals surface area contributed by atoms with Gasteiger partial charge in [0.2, 0.25) is 0 Å². The summed E-state index contributed by atoms with van der Waals surface area (Å²) < 4.78 is 0. The van der Waals surface area contributed by atoms with E-state index in [2.05, 4.69) is 56.3 Å². The molecule has 2 fully saturated rings. The molecule has 0 aromatic heterocycles. The summed E-state index contributed by atoms with van der Waals surface area (Å²) in [7, 11) is 0. The maximum absolute atomic E-state index is 6.17. The van der Waals surface area contributed by atoms with Gasteiger partial charge in [0.05, 0.1) is 0 Å². The quantitative estimate of drug-likeness (QED) is 0.602. The summed E-state index contributed by atoms with van der Waals surface area (Å²) in [6.07, 6.45) is 3.77. The number of nitrogens with zero attached hydrogens (tertiary/aromatic N) is 2. The summed E-state index contributed by atoms with van der Waals surface area (Å²) in [4.78, 5) is 0. The van der Waals surface area contributed by atoms with Crippen LogP contribution in [0.4, 0.5) is 0 Å². The average Bonchev–Trinajstić information content (AvgIpc) is 3.24. The molecule has 25 heavy (non-hydrogen) atoms. The van der Waals surface area contributed by atoms with E-state index in [9.17, 15) is 0 Å². The Hall–Kier alpha value is -1.67. The van der Waals surface area contributed by atoms with Crippen LogP contribution in [-0.2, 0) is 11.1 Å². The lowest BCUT2D eigenvalue weighted by Crippen LogP contribution is -2.44. The second kappa shape index (κ2) is 4.94. The third-order valence-electron chi connectivity index (χ3n) is 7.36. The maximum atomic E-state index is 6.17. The van der Waals surface area contributed by atoms with Crippen molar-refractivity contribution in [3.05, 3.63) is 70.7 Å². The molecule has 0 amide bonds. The number of rotatable bonds is 2. The van der Waals surface area contributed by atoms with E-state index in [1.807, 2.05) is 12.1 Å². The molecule has 2 aliphatic carbocycles. The van der Waals surface area contributed by atoms with Gasteiger partial charge in [0.1, 0.15) is 11.1 Å². The first-order valence-corrected chi connectivity index (χ1v) is 9.67. The fourth-order valence-electron chi connectivity index (χ4n) is 6.40. The van der Waals surface area contributed by atoms with Crippen molar-refractivity contribution in [3.63, 3.8) is 0 Å². The van der Waals surface area contributed by atoms with E-state index in [1.165, 1.54) is 30.4 Å². The Morgan fingerprint density at radius 2 is 1.32 bits per heavy atom. The highest BCUT2D eigenvalue weighted by atomic mass is 35.5. The predicted molar refractivity (Wildman–Crippen MR) is 101 cm³/mol. The molecule has 0 N–H and O–H groups in total. The number of fused-ring (bicyclic) bond motifs is 5. The molecule has 1 aliphatic heterocycles. The van der Waals surface area contributed by atoms with Gasteiger partial charge in [-0.3, -0.25) is 0 Å². The molecule has 2 saturated carbocycles. The topological polar surface area (TPSA) is 24.7 Å². The van der Waals surface area contributed by atoms with Crippen molar-refractivity contribution >= 4 is 11.6 Å². The van der Waals surface area contributed by atoms with Crippen molar-refractivity contribution in [2.75, 3.05) is 0 Å². The molecule has 5 rings (SSSR count). The highest BCUT2D eigenvalue weighted by Crippen LogP contribution is 2.77. The molecular formula is C22H23ClN2. The van der Waals surface area contributed by atoms with Crippen molar-refractivity contribution in [1.29, 1.82) is 0 Å². The smallest absolute Gasteiger partial charge is 0.117 e. The molecule has 2 nitrogen and oxygen atoms in total. The molecule has 3 heteroatoms. The van der Waals surface area contributed by atoms with Gasteiger partial charge in [-0.15, -0.1) is 0 Å². The van der Waals surface area contributed by atoms with Crippen LogP contribution in [0.2, 0.25) is 5.02 Å². The molecule has 2 bridgehead atoms. The third-order valence-corrected chi connectivity index (χ3v) is 7.61. The molecule has 128 valence electrons. The van der Waals surface area contributed by atoms with Crippen molar-refractivity contribution in [1.82, 2.24) is 0 Å². The maximum Gasteiger partial charge on any atom is 0.117 e. The Morgan fingerprint density at radius 1 is 0.800 bits per heavy atom. The fourth-order valence-corrected chi connectivity index (χ4v) is 6.52. The number of hydrogen-bond donors (Lipinski definition) is 0. The number of hydrogen-bond acceptors (Lipinski definition) is 2. The van der Waals surface area contributed by atoms with Gasteiger partial charge in [-0.1, -0.05) is 74.3 Å². The molecule has 4 atom stereocenters. The summed E-state index contributed by atoms with van der Waals surface area (Å²) in [6.45, 7) is 4.76. The molecule has 0 spiro atoms. The largest absolute Gasteiger partial charge is 0.181 e. The minimum absolute atomic E-state index is 0.0645. The average molecular weight is 351 g/mol. The number of benzene rings is 2. The first kappa shape index (κ1) is 15.6. The Morgan fingerprint density at radius 3 is 1.88 bits per heavy atom. The minimum atomic E-state index is -0.241. The van der Waals surface area contributed by atoms with E-state index in [-0.39, 0.29) is 16.5 Å². The summed E-state index contributed by atoms with van der Waals surface area (Å²) in [6, 6.07) is 19.2. The van der Waals surface area contributed by atoms with Crippen LogP contribution in [0.3, 0.4) is 0 Å². The molecule has 0 radical (unpaired) electrons. The van der Waals surface area contributed by atoms with E-state index >= 15 is 0 Å². The molecule has 0 unspecified atom stereocenters. The second-order valence-electron chi connectivity index (χ2n) is 8.37. The van der Waals surface area contributed by atoms with Crippen molar-refractivity contribution < 1.29 is 0 Å². The van der Waals surface area contributed by atoms with Crippen LogP contribution in [-0.4, -0.2) is 0 Å². The highest BCUT2D eigenvalue weighted by molar-refractivity contribution is 6.30. The first-order chi connectivity index (χ1) is 12.0. The highest BCUT2D eigenvalue weighted by Gasteiger charge is 2.78. The lowest BCUT2D eigenvalue weighted by atomic mass is 9.61. The van der Waals surface area contributed by atoms with Gasteiger partial charge >= 0.3 is 0 Å². The molecule has 1 heterocycles. The van der Waals surface area contributed by atoms with Crippen molar-refractivity contribution in [2.45, 2.75) is 44.2 Å². The van der Waals surface area contributed by atoms with Crippen LogP contribution in [0, 0.1) is 17.3 Å². The van der Waals surface area contributed by atoms with Crippen LogP contribution in [0.5, 0.6) is 0 Å². The zero-order chi connectivity index (χ0) is 17.3. The summed E-state index contributed by atoms with van der Waals surface area (Å²) in [5.74, 6) is 1.12. The summed E-state index contributed by atoms with van der Waals surface area (Å²) in [5, 5.41) is 10.9. The zero-order valence-corrected chi connectivity index (χ0v) is 15.5. The van der Waals surface area contributed by atoms with Gasteiger partial charge in [-0.2, -0.15) is 10.2 Å². The van der Waals surface area contributed by atoms with E-state index in [0.717, 1.165) is 5.02 Å². The zero-order valence-electron chi connectivity index (χ0n) is 14.7. The van der Waals surface area contributed by atoms with Crippen molar-refractivity contribution in [2.24, 2.45) is 27.5 Å². The van der Waals surface area contributed by atoms with Crippen LogP contribution < -0.4 is 0 Å². The minimum Gasteiger partial charge on any atom is -0.181 e. The SMILES string of the molecule is CC1(C)[C@]2(c3ccc(Cl)cc3)N=N[C@@]1(c1ccccc1)[C@H]1CCC[C@H]12. The first-order valence-electron chi connectivity index (χ1n) is 9.30. The van der Waals surface area contributed by atoms with Crippen LogP contribution in [0.1, 0.15) is 44.2 Å². The van der Waals surface area contributed by atoms with Crippen LogP contribution in [0.25, 0.3) is 0 Å². The summed E-state index contributed by atoms with van der Waals surface area (Å²) >= 11 is 6.17. The van der Waals surface area contributed by atoms with Gasteiger partial charge in [0.25, 0.3) is 0 Å². The van der Waals surface area contributed by atoms with Gasteiger partial charge in [0.15, 0.2) is 0 Å². The van der Waals surface area contributed by atoms with Gasteiger partial charge in [-0.05, 0) is 47.9 Å². The van der Waals surface area contributed by atoms with E-state index in [1.54, 1.807) is 0 Å². The molecule has 2 aromatic carbocycles. The Balaban J connectivity index is 1.78. The summed E-state index contributed by atoms with van der Waals surface area (Å²) in [5.41, 5.74) is 2.08. The van der Waals surface area contributed by atoms with Crippen LogP contribution >= 0.6 is 11.6 Å². The van der Waals surface area contributed by atoms with E-state index in [0.29, 0.717) is 11.8 Å². The molecular weight excluding hydrogens is 328 g/mol. The van der Waals surface area contributed by atoms with Gasteiger partial charge in [0, 0.05) is 10.4 Å². The van der Waals surface area contributed by atoms with E-state index in [4.69, 9.17) is 21.8 Å². The normalized spacial score (nSPS) is 37.4.